The molecule has 0 unspecified atom stereocenters. The lowest BCUT2D eigenvalue weighted by Gasteiger charge is -2.17. The molecule has 0 spiro atoms. The number of rotatable bonds is 10. The molecule has 1 aromatic heterocycles. The molecule has 0 aliphatic rings. The van der Waals surface area contributed by atoms with Gasteiger partial charge in [-0.3, -0.25) is 0 Å². The second kappa shape index (κ2) is 9.55. The Morgan fingerprint density at radius 3 is 2.50 bits per heavy atom. The fourth-order valence-electron chi connectivity index (χ4n) is 2.77. The molecule has 3 rings (SSSR count). The summed E-state index contributed by atoms with van der Waals surface area (Å²) in [7, 11) is -2.36. The first-order valence-corrected chi connectivity index (χ1v) is 10.8. The minimum absolute atomic E-state index is 0.0347. The van der Waals surface area contributed by atoms with E-state index in [1.807, 2.05) is 0 Å². The number of nitrogens with zero attached hydrogens (tertiary/aromatic N) is 4. The van der Waals surface area contributed by atoms with Gasteiger partial charge in [-0.15, -0.1) is 5.10 Å². The zero-order valence-corrected chi connectivity index (χ0v) is 17.7. The fourth-order valence-corrected chi connectivity index (χ4v) is 3.93. The van der Waals surface area contributed by atoms with Crippen LogP contribution >= 0.6 is 0 Å². The molecule has 0 saturated carbocycles. The summed E-state index contributed by atoms with van der Waals surface area (Å²) < 4.78 is 46.6. The number of nitrogens with one attached hydrogen (secondary N) is 1. The van der Waals surface area contributed by atoms with Gasteiger partial charge in [-0.2, -0.15) is 4.68 Å². The molecular weight excluding hydrogens is 410 g/mol. The van der Waals surface area contributed by atoms with E-state index < -0.39 is 10.0 Å². The summed E-state index contributed by atoms with van der Waals surface area (Å²) in [5.74, 6) is 1.13. The first kappa shape index (κ1) is 21.5. The molecule has 0 amide bonds. The van der Waals surface area contributed by atoms with Crippen molar-refractivity contribution in [3.8, 4) is 22.9 Å². The van der Waals surface area contributed by atoms with Crippen molar-refractivity contribution >= 4 is 10.0 Å². The van der Waals surface area contributed by atoms with E-state index in [9.17, 15) is 8.42 Å². The molecule has 160 valence electrons. The van der Waals surface area contributed by atoms with E-state index >= 15 is 0 Å². The van der Waals surface area contributed by atoms with Gasteiger partial charge in [0.25, 0.3) is 0 Å². The summed E-state index contributed by atoms with van der Waals surface area (Å²) in [6.07, 6.45) is 1.39. The second-order valence-electron chi connectivity index (χ2n) is 6.06. The maximum atomic E-state index is 13.1. The molecule has 0 aliphatic carbocycles. The number of sulfonamides is 1. The van der Waals surface area contributed by atoms with Crippen molar-refractivity contribution < 1.29 is 22.6 Å². The molecule has 0 fully saturated rings. The topological polar surface area (TPSA) is 117 Å². The van der Waals surface area contributed by atoms with Crippen LogP contribution < -0.4 is 18.9 Å². The van der Waals surface area contributed by atoms with Crippen LogP contribution in [0.25, 0.3) is 5.69 Å². The molecule has 11 heteroatoms. The Labute approximate surface area is 174 Å². The van der Waals surface area contributed by atoms with Crippen molar-refractivity contribution in [1.29, 1.82) is 0 Å². The van der Waals surface area contributed by atoms with Gasteiger partial charge >= 0.3 is 0 Å². The molecule has 30 heavy (non-hydrogen) atoms. The number of tetrazole rings is 1. The molecule has 0 aliphatic heterocycles. The summed E-state index contributed by atoms with van der Waals surface area (Å²) in [6, 6.07) is 10.1. The zero-order chi connectivity index (χ0) is 21.6. The van der Waals surface area contributed by atoms with Gasteiger partial charge in [0.2, 0.25) is 10.0 Å². The monoisotopic (exact) mass is 433 g/mol. The Kier molecular flexibility index (Phi) is 6.85. The Balaban J connectivity index is 1.98. The molecule has 0 saturated heterocycles. The van der Waals surface area contributed by atoms with Gasteiger partial charge in [-0.05, 0) is 42.0 Å². The Hall–Kier alpha value is -3.18. The van der Waals surface area contributed by atoms with E-state index in [4.69, 9.17) is 14.2 Å². The van der Waals surface area contributed by atoms with Crippen LogP contribution in [-0.2, 0) is 16.6 Å². The number of methoxy groups -OCH3 is 1. The van der Waals surface area contributed by atoms with Gasteiger partial charge in [0.1, 0.15) is 34.2 Å². The van der Waals surface area contributed by atoms with E-state index in [-0.39, 0.29) is 23.8 Å². The van der Waals surface area contributed by atoms with Crippen LogP contribution in [0.15, 0.2) is 47.6 Å². The maximum Gasteiger partial charge on any atom is 0.244 e. The van der Waals surface area contributed by atoms with E-state index in [1.165, 1.54) is 17.1 Å². The largest absolute Gasteiger partial charge is 0.497 e. The highest BCUT2D eigenvalue weighted by atomic mass is 32.2. The van der Waals surface area contributed by atoms with Crippen molar-refractivity contribution in [2.24, 2.45) is 0 Å². The molecule has 1 N–H and O–H groups in total. The third kappa shape index (κ3) is 4.86. The van der Waals surface area contributed by atoms with Crippen LogP contribution in [0.3, 0.4) is 0 Å². The third-order valence-electron chi connectivity index (χ3n) is 4.11. The first-order valence-electron chi connectivity index (χ1n) is 9.28. The molecule has 0 atom stereocenters. The SMILES string of the molecule is CCOc1cc(S(=O)(=O)NCc2cccc(OC)c2)c(OCC)cc1-n1cnnn1. The van der Waals surface area contributed by atoms with Crippen LogP contribution in [0.4, 0.5) is 0 Å². The number of hydrogen-bond donors (Lipinski definition) is 1. The number of aromatic nitrogens is 4. The second-order valence-corrected chi connectivity index (χ2v) is 7.80. The molecule has 10 nitrogen and oxygen atoms in total. The van der Waals surface area contributed by atoms with Gasteiger partial charge < -0.3 is 14.2 Å². The highest BCUT2D eigenvalue weighted by Gasteiger charge is 2.24. The van der Waals surface area contributed by atoms with E-state index in [2.05, 4.69) is 20.2 Å². The molecular formula is C19H23N5O5S. The predicted octanol–water partition coefficient (Wildman–Crippen LogP) is 1.95. The van der Waals surface area contributed by atoms with Crippen LogP contribution in [0.1, 0.15) is 19.4 Å². The van der Waals surface area contributed by atoms with E-state index in [1.54, 1.807) is 51.3 Å². The van der Waals surface area contributed by atoms with Crippen LogP contribution in [0.2, 0.25) is 0 Å². The quantitative estimate of drug-likeness (QED) is 0.515. The molecule has 0 radical (unpaired) electrons. The summed E-state index contributed by atoms with van der Waals surface area (Å²) in [6.45, 7) is 4.27. The highest BCUT2D eigenvalue weighted by molar-refractivity contribution is 7.89. The molecule has 3 aromatic rings. The highest BCUT2D eigenvalue weighted by Crippen LogP contribution is 2.34. The van der Waals surface area contributed by atoms with Crippen LogP contribution in [-0.4, -0.2) is 48.9 Å². The number of ether oxygens (including phenoxy) is 3. The van der Waals surface area contributed by atoms with Crippen molar-refractivity contribution in [3.63, 3.8) is 0 Å². The van der Waals surface area contributed by atoms with Gasteiger partial charge in [0.15, 0.2) is 0 Å². The lowest BCUT2D eigenvalue weighted by atomic mass is 10.2. The lowest BCUT2D eigenvalue weighted by Crippen LogP contribution is -2.24. The van der Waals surface area contributed by atoms with Gasteiger partial charge in [-0.1, -0.05) is 12.1 Å². The van der Waals surface area contributed by atoms with Gasteiger partial charge in [-0.25, -0.2) is 13.1 Å². The van der Waals surface area contributed by atoms with Crippen molar-refractivity contribution in [1.82, 2.24) is 24.9 Å². The maximum absolute atomic E-state index is 13.1. The van der Waals surface area contributed by atoms with Crippen molar-refractivity contribution in [2.75, 3.05) is 20.3 Å². The summed E-state index contributed by atoms with van der Waals surface area (Å²) in [4.78, 5) is -0.0347. The third-order valence-corrected chi connectivity index (χ3v) is 5.53. The van der Waals surface area contributed by atoms with E-state index in [0.29, 0.717) is 23.8 Å². The lowest BCUT2D eigenvalue weighted by molar-refractivity contribution is 0.321. The van der Waals surface area contributed by atoms with Crippen LogP contribution in [0.5, 0.6) is 17.2 Å². The fraction of sp³-hybridized carbons (Fsp3) is 0.316. The standard InChI is InChI=1S/C19H23N5O5S/c1-4-28-17-11-19(18(29-5-2)10-16(17)24-13-20-22-23-24)30(25,26)21-12-14-7-6-8-15(9-14)27-3/h6-11,13,21H,4-5,12H2,1-3H3. The minimum atomic E-state index is -3.91. The zero-order valence-electron chi connectivity index (χ0n) is 16.9. The molecule has 0 bridgehead atoms. The minimum Gasteiger partial charge on any atom is -0.497 e. The Morgan fingerprint density at radius 1 is 1.07 bits per heavy atom. The van der Waals surface area contributed by atoms with E-state index in [0.717, 1.165) is 5.56 Å². The average Bonchev–Trinajstić information content (AvgIpc) is 3.28. The average molecular weight is 433 g/mol. The van der Waals surface area contributed by atoms with Crippen LogP contribution in [0, 0.1) is 0 Å². The van der Waals surface area contributed by atoms with Crippen molar-refractivity contribution in [3.05, 3.63) is 48.3 Å². The number of hydrogen-bond acceptors (Lipinski definition) is 8. The number of benzene rings is 2. The molecule has 1 heterocycles. The Morgan fingerprint density at radius 2 is 1.83 bits per heavy atom. The summed E-state index contributed by atoms with van der Waals surface area (Å²) in [5, 5.41) is 11.1. The first-order chi connectivity index (χ1) is 14.5. The Bertz CT molecular complexity index is 1090. The normalized spacial score (nSPS) is 11.3. The van der Waals surface area contributed by atoms with Gasteiger partial charge in [0, 0.05) is 18.7 Å². The summed E-state index contributed by atoms with van der Waals surface area (Å²) in [5.41, 5.74) is 1.23. The molecule has 2 aromatic carbocycles. The summed E-state index contributed by atoms with van der Waals surface area (Å²) >= 11 is 0. The predicted molar refractivity (Wildman–Crippen MR) is 109 cm³/mol. The van der Waals surface area contributed by atoms with Gasteiger partial charge in [0.05, 0.1) is 20.3 Å². The van der Waals surface area contributed by atoms with Crippen molar-refractivity contribution in [2.45, 2.75) is 25.3 Å². The smallest absolute Gasteiger partial charge is 0.244 e.